The van der Waals surface area contributed by atoms with E-state index < -0.39 is 12.0 Å². The standard InChI is InChI=1S/C12H25NO2S/c1-8(2)10(5)16-7-6-11(12(14)15)13-9(3)4/h8-11,13H,6-7H2,1-5H3,(H,14,15). The second-order valence-electron chi connectivity index (χ2n) is 4.82. The molecule has 0 aliphatic carbocycles. The Morgan fingerprint density at radius 1 is 1.25 bits per heavy atom. The molecule has 2 N–H and O–H groups in total. The second kappa shape index (κ2) is 7.96. The zero-order chi connectivity index (χ0) is 12.7. The fourth-order valence-electron chi connectivity index (χ4n) is 1.24. The molecule has 0 radical (unpaired) electrons. The molecule has 0 aliphatic heterocycles. The lowest BCUT2D eigenvalue weighted by Crippen LogP contribution is -2.41. The van der Waals surface area contributed by atoms with Gasteiger partial charge in [0, 0.05) is 11.3 Å². The summed E-state index contributed by atoms with van der Waals surface area (Å²) in [6.45, 7) is 10.5. The number of carboxylic acid groups (broad SMARTS) is 1. The van der Waals surface area contributed by atoms with Gasteiger partial charge in [-0.05, 0) is 18.1 Å². The number of carbonyl (C=O) groups is 1. The van der Waals surface area contributed by atoms with Crippen molar-refractivity contribution in [2.75, 3.05) is 5.75 Å². The molecular formula is C12H25NO2S. The molecule has 16 heavy (non-hydrogen) atoms. The van der Waals surface area contributed by atoms with Crippen molar-refractivity contribution in [3.8, 4) is 0 Å². The minimum absolute atomic E-state index is 0.216. The highest BCUT2D eigenvalue weighted by atomic mass is 32.2. The monoisotopic (exact) mass is 247 g/mol. The van der Waals surface area contributed by atoms with E-state index in [2.05, 4.69) is 26.1 Å². The van der Waals surface area contributed by atoms with Crippen LogP contribution in [-0.2, 0) is 4.79 Å². The maximum absolute atomic E-state index is 11.0. The van der Waals surface area contributed by atoms with E-state index in [-0.39, 0.29) is 6.04 Å². The Hall–Kier alpha value is -0.220. The zero-order valence-electron chi connectivity index (χ0n) is 11.0. The summed E-state index contributed by atoms with van der Waals surface area (Å²) < 4.78 is 0. The van der Waals surface area contributed by atoms with E-state index in [1.807, 2.05) is 25.6 Å². The summed E-state index contributed by atoms with van der Waals surface area (Å²) in [6, 6.07) is -0.194. The van der Waals surface area contributed by atoms with Crippen molar-refractivity contribution in [3.05, 3.63) is 0 Å². The lowest BCUT2D eigenvalue weighted by molar-refractivity contribution is -0.139. The van der Waals surface area contributed by atoms with Crippen LogP contribution in [0.25, 0.3) is 0 Å². The topological polar surface area (TPSA) is 49.3 Å². The van der Waals surface area contributed by atoms with Crippen LogP contribution in [0.5, 0.6) is 0 Å². The van der Waals surface area contributed by atoms with Crippen molar-refractivity contribution in [1.29, 1.82) is 0 Å². The molecule has 4 heteroatoms. The first-order valence-electron chi connectivity index (χ1n) is 5.95. The SMILES string of the molecule is CC(C)NC(CCSC(C)C(C)C)C(=O)O. The highest BCUT2D eigenvalue weighted by molar-refractivity contribution is 7.99. The highest BCUT2D eigenvalue weighted by Crippen LogP contribution is 2.19. The second-order valence-corrected chi connectivity index (χ2v) is 6.31. The normalized spacial score (nSPS) is 15.4. The Morgan fingerprint density at radius 2 is 1.81 bits per heavy atom. The van der Waals surface area contributed by atoms with Crippen LogP contribution in [0.2, 0.25) is 0 Å². The van der Waals surface area contributed by atoms with Gasteiger partial charge >= 0.3 is 5.97 Å². The van der Waals surface area contributed by atoms with E-state index in [0.717, 1.165) is 5.75 Å². The van der Waals surface area contributed by atoms with Crippen LogP contribution in [0.3, 0.4) is 0 Å². The molecule has 96 valence electrons. The van der Waals surface area contributed by atoms with Crippen LogP contribution in [-0.4, -0.2) is 34.2 Å². The molecule has 0 saturated heterocycles. The minimum Gasteiger partial charge on any atom is -0.480 e. The quantitative estimate of drug-likeness (QED) is 0.692. The third kappa shape index (κ3) is 7.12. The number of aliphatic carboxylic acids is 1. The van der Waals surface area contributed by atoms with Crippen molar-refractivity contribution in [1.82, 2.24) is 5.32 Å². The van der Waals surface area contributed by atoms with Gasteiger partial charge < -0.3 is 10.4 Å². The van der Waals surface area contributed by atoms with E-state index in [1.54, 1.807) is 0 Å². The molecule has 0 spiro atoms. The molecule has 0 rings (SSSR count). The van der Waals surface area contributed by atoms with Gasteiger partial charge in [-0.15, -0.1) is 0 Å². The van der Waals surface area contributed by atoms with Gasteiger partial charge in [-0.25, -0.2) is 0 Å². The number of rotatable bonds is 8. The first-order valence-corrected chi connectivity index (χ1v) is 7.00. The molecule has 0 amide bonds. The van der Waals surface area contributed by atoms with Crippen LogP contribution < -0.4 is 5.32 Å². The average molecular weight is 247 g/mol. The highest BCUT2D eigenvalue weighted by Gasteiger charge is 2.18. The summed E-state index contributed by atoms with van der Waals surface area (Å²) in [5.74, 6) is 0.800. The summed E-state index contributed by atoms with van der Waals surface area (Å²) in [4.78, 5) is 11.0. The van der Waals surface area contributed by atoms with Crippen molar-refractivity contribution >= 4 is 17.7 Å². The van der Waals surface area contributed by atoms with Crippen LogP contribution >= 0.6 is 11.8 Å². The molecule has 0 aliphatic rings. The van der Waals surface area contributed by atoms with E-state index in [1.165, 1.54) is 0 Å². The van der Waals surface area contributed by atoms with Gasteiger partial charge in [0.1, 0.15) is 6.04 Å². The number of hydrogen-bond acceptors (Lipinski definition) is 3. The smallest absolute Gasteiger partial charge is 0.320 e. The van der Waals surface area contributed by atoms with Crippen molar-refractivity contribution < 1.29 is 9.90 Å². The van der Waals surface area contributed by atoms with Crippen LogP contribution in [0.4, 0.5) is 0 Å². The molecule has 3 nitrogen and oxygen atoms in total. The maximum atomic E-state index is 11.0. The fourth-order valence-corrected chi connectivity index (χ4v) is 2.37. The van der Waals surface area contributed by atoms with E-state index in [9.17, 15) is 4.79 Å². The first kappa shape index (κ1) is 15.8. The van der Waals surface area contributed by atoms with Crippen LogP contribution in [0.1, 0.15) is 41.0 Å². The fraction of sp³-hybridized carbons (Fsp3) is 0.917. The van der Waals surface area contributed by atoms with Crippen molar-refractivity contribution in [2.45, 2.75) is 58.4 Å². The van der Waals surface area contributed by atoms with Crippen LogP contribution in [0.15, 0.2) is 0 Å². The Morgan fingerprint density at radius 3 is 2.19 bits per heavy atom. The number of hydrogen-bond donors (Lipinski definition) is 2. The van der Waals surface area contributed by atoms with Crippen LogP contribution in [0, 0.1) is 5.92 Å². The Labute approximate surface area is 103 Å². The van der Waals surface area contributed by atoms with Crippen molar-refractivity contribution in [3.63, 3.8) is 0 Å². The molecule has 0 aromatic carbocycles. The van der Waals surface area contributed by atoms with Gasteiger partial charge in [0.2, 0.25) is 0 Å². The third-order valence-electron chi connectivity index (χ3n) is 2.56. The molecule has 0 fully saturated rings. The van der Waals surface area contributed by atoms with Gasteiger partial charge in [-0.2, -0.15) is 11.8 Å². The van der Waals surface area contributed by atoms with Gasteiger partial charge in [0.05, 0.1) is 0 Å². The summed E-state index contributed by atoms with van der Waals surface area (Å²) in [6.07, 6.45) is 0.690. The number of nitrogens with one attached hydrogen (secondary N) is 1. The van der Waals surface area contributed by atoms with Gasteiger partial charge in [-0.3, -0.25) is 4.79 Å². The molecule has 0 aromatic rings. The third-order valence-corrected chi connectivity index (χ3v) is 4.10. The summed E-state index contributed by atoms with van der Waals surface area (Å²) in [7, 11) is 0. The number of carboxylic acids is 1. The van der Waals surface area contributed by atoms with Crippen molar-refractivity contribution in [2.24, 2.45) is 5.92 Å². The lowest BCUT2D eigenvalue weighted by atomic mass is 10.2. The summed E-state index contributed by atoms with van der Waals surface area (Å²) in [5, 5.41) is 12.7. The Kier molecular flexibility index (Phi) is 7.85. The summed E-state index contributed by atoms with van der Waals surface area (Å²) >= 11 is 1.85. The first-order chi connectivity index (χ1) is 7.34. The zero-order valence-corrected chi connectivity index (χ0v) is 11.8. The van der Waals surface area contributed by atoms with E-state index in [0.29, 0.717) is 17.6 Å². The Balaban J connectivity index is 3.89. The maximum Gasteiger partial charge on any atom is 0.320 e. The molecule has 2 atom stereocenters. The van der Waals surface area contributed by atoms with Gasteiger partial charge in [0.15, 0.2) is 0 Å². The Bertz CT molecular complexity index is 207. The molecular weight excluding hydrogens is 222 g/mol. The largest absolute Gasteiger partial charge is 0.480 e. The molecule has 0 aromatic heterocycles. The summed E-state index contributed by atoms with van der Waals surface area (Å²) in [5.41, 5.74) is 0. The number of thioether (sulfide) groups is 1. The molecule has 0 bridgehead atoms. The average Bonchev–Trinajstić information content (AvgIpc) is 2.14. The predicted molar refractivity (Wildman–Crippen MR) is 71.1 cm³/mol. The molecule has 0 saturated carbocycles. The van der Waals surface area contributed by atoms with E-state index >= 15 is 0 Å². The lowest BCUT2D eigenvalue weighted by Gasteiger charge is -2.19. The van der Waals surface area contributed by atoms with Gasteiger partial charge in [0.25, 0.3) is 0 Å². The molecule has 2 unspecified atom stereocenters. The van der Waals surface area contributed by atoms with E-state index in [4.69, 9.17) is 5.11 Å². The van der Waals surface area contributed by atoms with Gasteiger partial charge in [-0.1, -0.05) is 34.6 Å². The predicted octanol–water partition coefficient (Wildman–Crippen LogP) is 2.61. The molecule has 0 heterocycles. The minimum atomic E-state index is -0.744.